The third-order valence-electron chi connectivity index (χ3n) is 2.82. The second-order valence-corrected chi connectivity index (χ2v) is 4.13. The Morgan fingerprint density at radius 1 is 1.42 bits per heavy atom. The van der Waals surface area contributed by atoms with Gasteiger partial charge in [0.15, 0.2) is 0 Å². The lowest BCUT2D eigenvalue weighted by atomic mass is 9.87. The Morgan fingerprint density at radius 3 is 2.58 bits per heavy atom. The zero-order chi connectivity index (χ0) is 14.6. The topological polar surface area (TPSA) is 63.6 Å². The second kappa shape index (κ2) is 6.18. The first-order valence-electron chi connectivity index (χ1n) is 6.22. The Hall–Kier alpha value is -2.10. The van der Waals surface area contributed by atoms with Gasteiger partial charge in [-0.25, -0.2) is 4.79 Å². The van der Waals surface area contributed by atoms with E-state index in [4.69, 9.17) is 9.84 Å². The quantitative estimate of drug-likeness (QED) is 0.504. The molecular weight excluding hydrogens is 244 g/mol. The minimum Gasteiger partial charge on any atom is -0.478 e. The van der Waals surface area contributed by atoms with Crippen molar-refractivity contribution in [1.82, 2.24) is 0 Å². The fourth-order valence-corrected chi connectivity index (χ4v) is 1.93. The third-order valence-corrected chi connectivity index (χ3v) is 2.82. The number of hydrogen-bond donors (Lipinski definition) is 1. The van der Waals surface area contributed by atoms with Gasteiger partial charge < -0.3 is 9.84 Å². The van der Waals surface area contributed by atoms with E-state index in [1.54, 1.807) is 6.07 Å². The molecule has 0 saturated carbocycles. The summed E-state index contributed by atoms with van der Waals surface area (Å²) < 4.78 is 5.07. The number of carbonyl (C=O) groups is 2. The summed E-state index contributed by atoms with van der Waals surface area (Å²) in [6.07, 6.45) is 0.214. The van der Waals surface area contributed by atoms with Crippen LogP contribution in [0.1, 0.15) is 49.0 Å². The number of carboxylic acids is 1. The van der Waals surface area contributed by atoms with E-state index in [0.717, 1.165) is 11.1 Å². The standard InChI is InChI=1S/C13H12O4.C2H6/c1-7(2)9-6-12(14)17-11-4-3-8(13(15)16)5-10(9)11;1-2/h3-5,9H,1,6H2,2H3,(H,15,16);1-2H3/t9-;/m1./s1. The maximum atomic E-state index is 11.4. The summed E-state index contributed by atoms with van der Waals surface area (Å²) in [6, 6.07) is 4.49. The van der Waals surface area contributed by atoms with E-state index in [2.05, 4.69) is 6.58 Å². The lowest BCUT2D eigenvalue weighted by Gasteiger charge is -2.24. The number of esters is 1. The smallest absolute Gasteiger partial charge is 0.335 e. The summed E-state index contributed by atoms with van der Waals surface area (Å²) in [4.78, 5) is 22.3. The van der Waals surface area contributed by atoms with E-state index >= 15 is 0 Å². The van der Waals surface area contributed by atoms with Gasteiger partial charge in [0, 0.05) is 11.5 Å². The predicted octanol–water partition coefficient (Wildman–Crippen LogP) is 3.38. The molecule has 0 aromatic heterocycles. The summed E-state index contributed by atoms with van der Waals surface area (Å²) in [5.74, 6) is -1.04. The number of allylic oxidation sites excluding steroid dienone is 1. The van der Waals surface area contributed by atoms with Gasteiger partial charge in [-0.1, -0.05) is 26.0 Å². The van der Waals surface area contributed by atoms with Crippen molar-refractivity contribution in [3.05, 3.63) is 41.5 Å². The summed E-state index contributed by atoms with van der Waals surface area (Å²) in [5.41, 5.74) is 1.73. The van der Waals surface area contributed by atoms with Gasteiger partial charge in [-0.2, -0.15) is 0 Å². The van der Waals surface area contributed by atoms with Crippen LogP contribution in [-0.4, -0.2) is 17.0 Å². The average Bonchev–Trinajstić information content (AvgIpc) is 2.39. The predicted molar refractivity (Wildman–Crippen MR) is 72.6 cm³/mol. The Bertz CT molecular complexity index is 517. The van der Waals surface area contributed by atoms with Gasteiger partial charge in [0.25, 0.3) is 0 Å². The Labute approximate surface area is 112 Å². The zero-order valence-electron chi connectivity index (χ0n) is 11.4. The first-order chi connectivity index (χ1) is 8.99. The van der Waals surface area contributed by atoms with E-state index in [9.17, 15) is 9.59 Å². The van der Waals surface area contributed by atoms with Crippen LogP contribution in [0.5, 0.6) is 5.75 Å². The van der Waals surface area contributed by atoms with Gasteiger partial charge in [0.2, 0.25) is 0 Å². The molecule has 4 heteroatoms. The number of carbonyl (C=O) groups excluding carboxylic acids is 1. The van der Waals surface area contributed by atoms with Crippen molar-refractivity contribution in [2.75, 3.05) is 0 Å². The lowest BCUT2D eigenvalue weighted by molar-refractivity contribution is -0.135. The largest absolute Gasteiger partial charge is 0.478 e. The summed E-state index contributed by atoms with van der Waals surface area (Å²) in [7, 11) is 0. The molecule has 0 bridgehead atoms. The molecule has 1 atom stereocenters. The number of hydrogen-bond acceptors (Lipinski definition) is 3. The monoisotopic (exact) mass is 262 g/mol. The molecular formula is C15H18O4. The van der Waals surface area contributed by atoms with E-state index < -0.39 is 5.97 Å². The molecule has 0 spiro atoms. The van der Waals surface area contributed by atoms with Crippen LogP contribution < -0.4 is 4.74 Å². The average molecular weight is 262 g/mol. The molecule has 0 unspecified atom stereocenters. The fraction of sp³-hybridized carbons (Fsp3) is 0.333. The molecule has 19 heavy (non-hydrogen) atoms. The number of fused-ring (bicyclic) bond motifs is 1. The number of aromatic carboxylic acids is 1. The zero-order valence-corrected chi connectivity index (χ0v) is 11.4. The molecule has 1 aromatic rings. The van der Waals surface area contributed by atoms with Crippen molar-refractivity contribution in [2.45, 2.75) is 33.1 Å². The highest BCUT2D eigenvalue weighted by atomic mass is 16.5. The molecule has 0 fully saturated rings. The molecule has 0 amide bonds. The molecule has 0 saturated heterocycles. The molecule has 102 valence electrons. The van der Waals surface area contributed by atoms with E-state index in [-0.39, 0.29) is 23.9 Å². The van der Waals surface area contributed by atoms with Crippen LogP contribution in [0.4, 0.5) is 0 Å². The molecule has 4 nitrogen and oxygen atoms in total. The summed E-state index contributed by atoms with van der Waals surface area (Å²) in [6.45, 7) is 9.65. The van der Waals surface area contributed by atoms with Crippen LogP contribution in [0.15, 0.2) is 30.4 Å². The van der Waals surface area contributed by atoms with Crippen molar-refractivity contribution in [3.8, 4) is 5.75 Å². The molecule has 1 aliphatic rings. The number of carboxylic acid groups (broad SMARTS) is 1. The molecule has 0 aliphatic carbocycles. The highest BCUT2D eigenvalue weighted by Crippen LogP contribution is 2.38. The lowest BCUT2D eigenvalue weighted by Crippen LogP contribution is -2.21. The first kappa shape index (κ1) is 15.0. The van der Waals surface area contributed by atoms with Gasteiger partial charge in [-0.3, -0.25) is 4.79 Å². The maximum Gasteiger partial charge on any atom is 0.335 e. The van der Waals surface area contributed by atoms with Crippen LogP contribution >= 0.6 is 0 Å². The van der Waals surface area contributed by atoms with E-state index in [1.807, 2.05) is 20.8 Å². The van der Waals surface area contributed by atoms with Gasteiger partial charge >= 0.3 is 11.9 Å². The van der Waals surface area contributed by atoms with E-state index in [0.29, 0.717) is 5.75 Å². The Kier molecular flexibility index (Phi) is 4.87. The molecule has 1 aromatic carbocycles. The minimum absolute atomic E-state index is 0.162. The summed E-state index contributed by atoms with van der Waals surface area (Å²) >= 11 is 0. The van der Waals surface area contributed by atoms with Crippen LogP contribution in [0, 0.1) is 0 Å². The second-order valence-electron chi connectivity index (χ2n) is 4.13. The summed E-state index contributed by atoms with van der Waals surface area (Å²) in [5, 5.41) is 8.93. The van der Waals surface area contributed by atoms with Crippen LogP contribution in [-0.2, 0) is 4.79 Å². The highest BCUT2D eigenvalue weighted by Gasteiger charge is 2.28. The van der Waals surface area contributed by atoms with Gasteiger partial charge in [-0.15, -0.1) is 0 Å². The number of rotatable bonds is 2. The Balaban J connectivity index is 0.000000861. The molecule has 1 aliphatic heterocycles. The van der Waals surface area contributed by atoms with Crippen molar-refractivity contribution < 1.29 is 19.4 Å². The van der Waals surface area contributed by atoms with Crippen molar-refractivity contribution in [3.63, 3.8) is 0 Å². The SMILES string of the molecule is C=C(C)[C@H]1CC(=O)Oc2ccc(C(=O)O)cc21.CC. The number of benzene rings is 1. The van der Waals surface area contributed by atoms with Crippen LogP contribution in [0.25, 0.3) is 0 Å². The normalized spacial score (nSPS) is 16.6. The highest BCUT2D eigenvalue weighted by molar-refractivity contribution is 5.89. The third kappa shape index (κ3) is 3.22. The number of ether oxygens (including phenoxy) is 1. The maximum absolute atomic E-state index is 11.4. The van der Waals surface area contributed by atoms with Crippen molar-refractivity contribution in [1.29, 1.82) is 0 Å². The molecule has 1 heterocycles. The molecule has 2 rings (SSSR count). The Morgan fingerprint density at radius 2 is 2.05 bits per heavy atom. The van der Waals surface area contributed by atoms with Gasteiger partial charge in [0.05, 0.1) is 12.0 Å². The van der Waals surface area contributed by atoms with Gasteiger partial charge in [0.1, 0.15) is 5.75 Å². The van der Waals surface area contributed by atoms with Crippen molar-refractivity contribution in [2.24, 2.45) is 0 Å². The minimum atomic E-state index is -0.995. The molecule has 0 radical (unpaired) electrons. The first-order valence-corrected chi connectivity index (χ1v) is 6.22. The van der Waals surface area contributed by atoms with Crippen molar-refractivity contribution >= 4 is 11.9 Å². The van der Waals surface area contributed by atoms with Crippen LogP contribution in [0.3, 0.4) is 0 Å². The van der Waals surface area contributed by atoms with Gasteiger partial charge in [-0.05, 0) is 25.1 Å². The molecule has 1 N–H and O–H groups in total. The fourth-order valence-electron chi connectivity index (χ4n) is 1.93. The van der Waals surface area contributed by atoms with E-state index in [1.165, 1.54) is 12.1 Å². The van der Waals surface area contributed by atoms with Crippen LogP contribution in [0.2, 0.25) is 0 Å².